The second-order valence-corrected chi connectivity index (χ2v) is 4.42. The zero-order valence-electron chi connectivity index (χ0n) is 11.5. The van der Waals surface area contributed by atoms with Crippen molar-refractivity contribution in [2.45, 2.75) is 13.1 Å². The normalized spacial score (nSPS) is 11.3. The van der Waals surface area contributed by atoms with Crippen LogP contribution < -0.4 is 5.43 Å². The van der Waals surface area contributed by atoms with E-state index in [4.69, 9.17) is 4.74 Å². The maximum absolute atomic E-state index is 12.7. The van der Waals surface area contributed by atoms with E-state index in [1.165, 1.54) is 12.1 Å². The molecule has 0 bridgehead atoms. The molecule has 0 atom stereocenters. The number of carbonyl (C=O) groups excluding carboxylic acids is 1. The van der Waals surface area contributed by atoms with Gasteiger partial charge in [0.05, 0.1) is 12.2 Å². The standard InChI is InChI=1S/C15H12F3NO3/c1-2-22-14(21)11-8-19-12(7-13(11)20)9-4-3-5-10(6-9)15(16,17)18/h3-8H,2H2,1H3,(H,19,20). The number of ether oxygens (including phenoxy) is 1. The van der Waals surface area contributed by atoms with Crippen LogP contribution in [0, 0.1) is 0 Å². The quantitative estimate of drug-likeness (QED) is 0.885. The molecular weight excluding hydrogens is 299 g/mol. The number of H-pyrrole nitrogens is 1. The predicted molar refractivity (Wildman–Crippen MR) is 73.5 cm³/mol. The number of aromatic nitrogens is 1. The molecule has 0 aliphatic rings. The van der Waals surface area contributed by atoms with Gasteiger partial charge in [-0.1, -0.05) is 12.1 Å². The Morgan fingerprint density at radius 1 is 1.27 bits per heavy atom. The van der Waals surface area contributed by atoms with E-state index in [1.807, 2.05) is 0 Å². The summed E-state index contributed by atoms with van der Waals surface area (Å²) in [6, 6.07) is 5.62. The Bertz CT molecular complexity index is 750. The maximum Gasteiger partial charge on any atom is 0.416 e. The van der Waals surface area contributed by atoms with E-state index in [1.54, 1.807) is 6.92 Å². The number of halogens is 3. The van der Waals surface area contributed by atoms with Gasteiger partial charge in [0.1, 0.15) is 5.56 Å². The third kappa shape index (κ3) is 3.36. The largest absolute Gasteiger partial charge is 0.462 e. The van der Waals surface area contributed by atoms with Gasteiger partial charge in [-0.3, -0.25) is 4.79 Å². The molecule has 1 aromatic carbocycles. The van der Waals surface area contributed by atoms with E-state index in [-0.39, 0.29) is 23.4 Å². The molecular formula is C15H12F3NO3. The molecule has 7 heteroatoms. The number of pyridine rings is 1. The molecule has 0 radical (unpaired) electrons. The number of hydrogen-bond donors (Lipinski definition) is 1. The Labute approximate surface area is 123 Å². The lowest BCUT2D eigenvalue weighted by Crippen LogP contribution is -2.17. The first kappa shape index (κ1) is 15.8. The summed E-state index contributed by atoms with van der Waals surface area (Å²) in [7, 11) is 0. The van der Waals surface area contributed by atoms with Crippen molar-refractivity contribution < 1.29 is 22.7 Å². The minimum atomic E-state index is -4.47. The Kier molecular flexibility index (Phi) is 4.35. The summed E-state index contributed by atoms with van der Waals surface area (Å²) in [4.78, 5) is 26.0. The first-order valence-corrected chi connectivity index (χ1v) is 6.40. The van der Waals surface area contributed by atoms with Crippen LogP contribution in [0.3, 0.4) is 0 Å². The number of hydrogen-bond acceptors (Lipinski definition) is 3. The van der Waals surface area contributed by atoms with Gasteiger partial charge < -0.3 is 9.72 Å². The van der Waals surface area contributed by atoms with Crippen molar-refractivity contribution in [3.8, 4) is 11.3 Å². The average Bonchev–Trinajstić information content (AvgIpc) is 2.46. The van der Waals surface area contributed by atoms with Crippen LogP contribution in [0.4, 0.5) is 13.2 Å². The number of esters is 1. The summed E-state index contributed by atoms with van der Waals surface area (Å²) in [5.41, 5.74) is -1.26. The highest BCUT2D eigenvalue weighted by molar-refractivity contribution is 5.89. The van der Waals surface area contributed by atoms with Crippen molar-refractivity contribution in [2.24, 2.45) is 0 Å². The summed E-state index contributed by atoms with van der Waals surface area (Å²) in [6.07, 6.45) is -3.34. The maximum atomic E-state index is 12.7. The van der Waals surface area contributed by atoms with Crippen LogP contribution in [0.5, 0.6) is 0 Å². The summed E-state index contributed by atoms with van der Waals surface area (Å²) >= 11 is 0. The molecule has 0 aliphatic heterocycles. The number of alkyl halides is 3. The molecule has 0 amide bonds. The molecule has 2 aromatic rings. The molecule has 22 heavy (non-hydrogen) atoms. The molecule has 4 nitrogen and oxygen atoms in total. The zero-order chi connectivity index (χ0) is 16.3. The third-order valence-corrected chi connectivity index (χ3v) is 2.91. The van der Waals surface area contributed by atoms with Crippen LogP contribution in [-0.4, -0.2) is 17.6 Å². The molecule has 1 heterocycles. The van der Waals surface area contributed by atoms with Crippen molar-refractivity contribution in [1.82, 2.24) is 4.98 Å². The van der Waals surface area contributed by atoms with Crippen LogP contribution in [0.2, 0.25) is 0 Å². The fourth-order valence-corrected chi connectivity index (χ4v) is 1.87. The van der Waals surface area contributed by atoms with Crippen molar-refractivity contribution in [3.05, 3.63) is 57.9 Å². The summed E-state index contributed by atoms with van der Waals surface area (Å²) in [5, 5.41) is 0. The fraction of sp³-hybridized carbons (Fsp3) is 0.200. The van der Waals surface area contributed by atoms with Crippen molar-refractivity contribution >= 4 is 5.97 Å². The molecule has 0 fully saturated rings. The highest BCUT2D eigenvalue weighted by atomic mass is 19.4. The number of benzene rings is 1. The van der Waals surface area contributed by atoms with Crippen LogP contribution in [0.15, 0.2) is 41.3 Å². The van der Waals surface area contributed by atoms with E-state index in [9.17, 15) is 22.8 Å². The van der Waals surface area contributed by atoms with Gasteiger partial charge in [-0.25, -0.2) is 4.79 Å². The molecule has 1 N–H and O–H groups in total. The van der Waals surface area contributed by atoms with E-state index in [0.29, 0.717) is 0 Å². The van der Waals surface area contributed by atoms with E-state index in [0.717, 1.165) is 24.4 Å². The molecule has 116 valence electrons. The molecule has 0 unspecified atom stereocenters. The van der Waals surface area contributed by atoms with Gasteiger partial charge in [-0.05, 0) is 24.6 Å². The summed E-state index contributed by atoms with van der Waals surface area (Å²) < 4.78 is 42.8. The lowest BCUT2D eigenvalue weighted by molar-refractivity contribution is -0.137. The summed E-state index contributed by atoms with van der Waals surface area (Å²) in [5.74, 6) is -0.778. The highest BCUT2D eigenvalue weighted by Gasteiger charge is 2.30. The lowest BCUT2D eigenvalue weighted by Gasteiger charge is -2.09. The average molecular weight is 311 g/mol. The van der Waals surface area contributed by atoms with Crippen LogP contribution in [0.1, 0.15) is 22.8 Å². The van der Waals surface area contributed by atoms with Crippen molar-refractivity contribution in [3.63, 3.8) is 0 Å². The molecule has 0 saturated heterocycles. The van der Waals surface area contributed by atoms with E-state index >= 15 is 0 Å². The Balaban J connectivity index is 2.41. The topological polar surface area (TPSA) is 59.2 Å². The van der Waals surface area contributed by atoms with Crippen molar-refractivity contribution in [2.75, 3.05) is 6.61 Å². The van der Waals surface area contributed by atoms with E-state index in [2.05, 4.69) is 4.98 Å². The van der Waals surface area contributed by atoms with Gasteiger partial charge in [0.2, 0.25) is 0 Å². The van der Waals surface area contributed by atoms with Gasteiger partial charge in [0.25, 0.3) is 0 Å². The van der Waals surface area contributed by atoms with Crippen LogP contribution >= 0.6 is 0 Å². The third-order valence-electron chi connectivity index (χ3n) is 2.91. The highest BCUT2D eigenvalue weighted by Crippen LogP contribution is 2.31. The predicted octanol–water partition coefficient (Wildman–Crippen LogP) is 3.24. The van der Waals surface area contributed by atoms with Gasteiger partial charge in [-0.15, -0.1) is 0 Å². The SMILES string of the molecule is CCOC(=O)c1c[nH]c(-c2cccc(C(F)(F)F)c2)cc1=O. The first-order valence-electron chi connectivity index (χ1n) is 6.40. The Morgan fingerprint density at radius 2 is 2.00 bits per heavy atom. The Hall–Kier alpha value is -2.57. The second-order valence-electron chi connectivity index (χ2n) is 4.42. The number of aromatic amines is 1. The molecule has 0 saturated carbocycles. The second kappa shape index (κ2) is 6.05. The van der Waals surface area contributed by atoms with Gasteiger partial charge >= 0.3 is 12.1 Å². The smallest absolute Gasteiger partial charge is 0.416 e. The Morgan fingerprint density at radius 3 is 2.59 bits per heavy atom. The zero-order valence-corrected chi connectivity index (χ0v) is 11.5. The monoisotopic (exact) mass is 311 g/mol. The number of carbonyl (C=O) groups is 1. The molecule has 1 aromatic heterocycles. The number of nitrogens with one attached hydrogen (secondary N) is 1. The van der Waals surface area contributed by atoms with Crippen molar-refractivity contribution in [1.29, 1.82) is 0 Å². The summed E-state index contributed by atoms with van der Waals surface area (Å²) in [6.45, 7) is 1.72. The molecule has 2 rings (SSSR count). The van der Waals surface area contributed by atoms with E-state index < -0.39 is 23.1 Å². The van der Waals surface area contributed by atoms with Gasteiger partial charge in [0, 0.05) is 18.0 Å². The lowest BCUT2D eigenvalue weighted by atomic mass is 10.1. The van der Waals surface area contributed by atoms with Gasteiger partial charge in [0.15, 0.2) is 5.43 Å². The molecule has 0 spiro atoms. The fourth-order valence-electron chi connectivity index (χ4n) is 1.87. The number of rotatable bonds is 3. The first-order chi connectivity index (χ1) is 10.3. The van der Waals surface area contributed by atoms with Crippen LogP contribution in [-0.2, 0) is 10.9 Å². The minimum absolute atomic E-state index is 0.119. The molecule has 0 aliphatic carbocycles. The van der Waals surface area contributed by atoms with Gasteiger partial charge in [-0.2, -0.15) is 13.2 Å². The minimum Gasteiger partial charge on any atom is -0.462 e. The van der Waals surface area contributed by atoms with Crippen LogP contribution in [0.25, 0.3) is 11.3 Å².